The number of aromatic nitrogens is 6. The van der Waals surface area contributed by atoms with Crippen LogP contribution >= 0.6 is 0 Å². The molecule has 2 atom stereocenters. The number of carbonyl (C=O) groups is 2. The Morgan fingerprint density at radius 1 is 0.551 bits per heavy atom. The topological polar surface area (TPSA) is 164 Å². The van der Waals surface area contributed by atoms with Gasteiger partial charge in [-0.25, -0.2) is 9.36 Å². The Balaban J connectivity index is 0.000000226. The van der Waals surface area contributed by atoms with E-state index in [2.05, 4.69) is 117 Å². The molecule has 4 heterocycles. The second kappa shape index (κ2) is 26.0. The first-order valence-electron chi connectivity index (χ1n) is 28.6. The smallest absolute Gasteiger partial charge is 0.303 e. The molecule has 8 rings (SSSR count). The van der Waals surface area contributed by atoms with Crippen LogP contribution in [-0.4, -0.2) is 72.0 Å². The second-order valence-corrected chi connectivity index (χ2v) is 24.6. The lowest BCUT2D eigenvalue weighted by molar-refractivity contribution is -0.138. The van der Waals surface area contributed by atoms with E-state index in [0.717, 1.165) is 83.9 Å². The highest BCUT2D eigenvalue weighted by Gasteiger charge is 2.28. The molecule has 0 fully saturated rings. The maximum Gasteiger partial charge on any atom is 0.303 e. The number of fused-ring (bicyclic) bond motifs is 2. The molecule has 0 saturated heterocycles. The van der Waals surface area contributed by atoms with Gasteiger partial charge in [0.15, 0.2) is 0 Å². The van der Waals surface area contributed by atoms with E-state index in [1.807, 2.05) is 41.4 Å². The fourth-order valence-electron chi connectivity index (χ4n) is 10.6. The van der Waals surface area contributed by atoms with Crippen molar-refractivity contribution < 1.29 is 34.0 Å². The van der Waals surface area contributed by atoms with E-state index < -0.39 is 11.9 Å². The van der Waals surface area contributed by atoms with Crippen LogP contribution < -0.4 is 14.2 Å². The minimum Gasteiger partial charge on any atom is -0.496 e. The minimum absolute atomic E-state index is 0.0108. The third-order valence-electron chi connectivity index (χ3n) is 15.3. The van der Waals surface area contributed by atoms with Gasteiger partial charge in [-0.1, -0.05) is 105 Å². The maximum atomic E-state index is 12.0. The Labute approximate surface area is 464 Å². The molecule has 420 valence electrons. The molecule has 2 N–H and O–H groups in total. The first-order valence-corrected chi connectivity index (χ1v) is 28.6. The van der Waals surface area contributed by atoms with E-state index in [4.69, 9.17) is 34.4 Å². The van der Waals surface area contributed by atoms with Crippen molar-refractivity contribution in [2.75, 3.05) is 20.3 Å². The lowest BCUT2D eigenvalue weighted by atomic mass is 9.77. The number of carboxylic acids is 2. The normalized spacial score (nSPS) is 14.4. The number of ether oxygens (including phenoxy) is 3. The van der Waals surface area contributed by atoms with Gasteiger partial charge in [0.2, 0.25) is 11.8 Å². The van der Waals surface area contributed by atoms with E-state index in [0.29, 0.717) is 50.8 Å². The summed E-state index contributed by atoms with van der Waals surface area (Å²) in [6.07, 6.45) is 11.9. The van der Waals surface area contributed by atoms with Gasteiger partial charge >= 0.3 is 11.9 Å². The lowest BCUT2D eigenvalue weighted by Crippen LogP contribution is -2.19. The molecule has 2 aliphatic carbocycles. The third-order valence-corrected chi connectivity index (χ3v) is 15.3. The van der Waals surface area contributed by atoms with E-state index in [9.17, 15) is 19.8 Å². The van der Waals surface area contributed by atoms with Gasteiger partial charge in [-0.3, -0.25) is 19.6 Å². The van der Waals surface area contributed by atoms with Crippen LogP contribution in [0.5, 0.6) is 17.5 Å². The molecule has 2 aromatic carbocycles. The van der Waals surface area contributed by atoms with E-state index in [1.165, 1.54) is 59.3 Å². The standard InChI is InChI=1S/C34H47N3O3.C31H41N3O4/c1-8-37-31(40-16-15-28-14-13-23-11-9-10-12-30(23)35-28)22-29(36-37)19-25(20-32(38)39)24-17-26(33(2,3)4)21-27(18-24)34(5,6)7;1-6-34-29(38-16-15-24-13-11-21-9-7-8-10-27(21)32-24)20-25(33-34)17-22(18-30(35)36)26-19-23(31(2,3)4)12-14-28(26)37-5/h13-14,17-18,21-22,25H,8-12,15-16,19-20H2,1-7H3,(H,38,39);11-14,19-20,22H,6-10,15-18H2,1-5H3,(H,35,36). The number of aliphatic carboxylic acids is 2. The predicted molar refractivity (Wildman–Crippen MR) is 309 cm³/mol. The highest BCUT2D eigenvalue weighted by molar-refractivity contribution is 5.69. The first-order chi connectivity index (χ1) is 37.0. The maximum absolute atomic E-state index is 12.0. The predicted octanol–water partition coefficient (Wildman–Crippen LogP) is 13.1. The average molecular weight is 1070 g/mol. The van der Waals surface area contributed by atoms with Crippen molar-refractivity contribution in [3.05, 3.63) is 146 Å². The Kier molecular flexibility index (Phi) is 19.7. The monoisotopic (exact) mass is 1060 g/mol. The van der Waals surface area contributed by atoms with Gasteiger partial charge in [0.1, 0.15) is 5.75 Å². The Morgan fingerprint density at radius 2 is 1.00 bits per heavy atom. The molecular weight excluding hydrogens is 977 g/mol. The molecule has 4 aromatic heterocycles. The molecule has 0 aliphatic heterocycles. The van der Waals surface area contributed by atoms with Crippen molar-refractivity contribution in [2.24, 2.45) is 0 Å². The van der Waals surface area contributed by atoms with Gasteiger partial charge in [-0.05, 0) is 157 Å². The zero-order valence-corrected chi connectivity index (χ0v) is 48.9. The van der Waals surface area contributed by atoms with Crippen LogP contribution in [0.3, 0.4) is 0 Å². The van der Waals surface area contributed by atoms with Crippen molar-refractivity contribution in [1.82, 2.24) is 29.5 Å². The molecular formula is C65H88N6O7. The van der Waals surface area contributed by atoms with Gasteiger partial charge < -0.3 is 24.4 Å². The van der Waals surface area contributed by atoms with E-state index >= 15 is 0 Å². The number of benzene rings is 2. The minimum atomic E-state index is -0.845. The largest absolute Gasteiger partial charge is 0.496 e. The Morgan fingerprint density at radius 3 is 1.44 bits per heavy atom. The number of rotatable bonds is 21. The number of hydrogen-bond acceptors (Lipinski definition) is 9. The van der Waals surface area contributed by atoms with E-state index in [1.54, 1.807) is 7.11 Å². The molecule has 0 radical (unpaired) electrons. The summed E-state index contributed by atoms with van der Waals surface area (Å²) < 4.78 is 21.7. The van der Waals surface area contributed by atoms with Crippen molar-refractivity contribution >= 4 is 11.9 Å². The van der Waals surface area contributed by atoms with Crippen molar-refractivity contribution in [2.45, 2.75) is 207 Å². The van der Waals surface area contributed by atoms with Gasteiger partial charge in [-0.2, -0.15) is 10.2 Å². The zero-order valence-electron chi connectivity index (χ0n) is 48.9. The van der Waals surface area contributed by atoms with Crippen LogP contribution in [0.4, 0.5) is 0 Å². The van der Waals surface area contributed by atoms with Gasteiger partial charge in [0.05, 0.1) is 44.6 Å². The summed E-state index contributed by atoms with van der Waals surface area (Å²) in [5.74, 6) is 0.0160. The van der Waals surface area contributed by atoms with Gasteiger partial charge in [0.25, 0.3) is 0 Å². The Hall–Kier alpha value is -6.50. The summed E-state index contributed by atoms with van der Waals surface area (Å²) >= 11 is 0. The zero-order chi connectivity index (χ0) is 56.4. The first kappa shape index (κ1) is 59.2. The molecule has 13 nitrogen and oxygen atoms in total. The number of methoxy groups -OCH3 is 1. The molecule has 2 unspecified atom stereocenters. The van der Waals surface area contributed by atoms with Crippen LogP contribution in [0.2, 0.25) is 0 Å². The van der Waals surface area contributed by atoms with Crippen LogP contribution in [0.1, 0.15) is 200 Å². The summed E-state index contributed by atoms with van der Waals surface area (Å²) in [7, 11) is 1.63. The molecule has 6 aromatic rings. The number of pyridine rings is 2. The van der Waals surface area contributed by atoms with Crippen LogP contribution in [0.25, 0.3) is 0 Å². The highest BCUT2D eigenvalue weighted by Crippen LogP contribution is 2.38. The van der Waals surface area contributed by atoms with Crippen LogP contribution in [-0.2, 0) is 90.3 Å². The summed E-state index contributed by atoms with van der Waals surface area (Å²) in [5, 5.41) is 29.1. The van der Waals surface area contributed by atoms with Crippen LogP contribution in [0, 0.1) is 0 Å². The number of nitrogens with zero attached hydrogens (tertiary/aromatic N) is 6. The number of carboxylic acid groups (broad SMARTS) is 2. The van der Waals surface area contributed by atoms with Crippen LogP contribution in [0.15, 0.2) is 72.8 Å². The number of hydrogen-bond donors (Lipinski definition) is 2. The Bertz CT molecular complexity index is 2950. The highest BCUT2D eigenvalue weighted by atomic mass is 16.5. The fourth-order valence-corrected chi connectivity index (χ4v) is 10.6. The number of aryl methyl sites for hydroxylation is 6. The summed E-state index contributed by atoms with van der Waals surface area (Å²) in [5.41, 5.74) is 14.5. The van der Waals surface area contributed by atoms with Gasteiger partial charge in [0, 0.05) is 66.8 Å². The summed E-state index contributed by atoms with van der Waals surface area (Å²) in [6.45, 7) is 26.1. The molecule has 13 heteroatoms. The van der Waals surface area contributed by atoms with Gasteiger partial charge in [-0.15, -0.1) is 0 Å². The van der Waals surface area contributed by atoms with Crippen molar-refractivity contribution in [3.8, 4) is 17.5 Å². The fraction of sp³-hybridized carbons (Fsp3) is 0.538. The second-order valence-electron chi connectivity index (χ2n) is 24.6. The lowest BCUT2D eigenvalue weighted by Gasteiger charge is -2.28. The summed E-state index contributed by atoms with van der Waals surface area (Å²) in [4.78, 5) is 33.6. The molecule has 0 bridgehead atoms. The molecule has 0 saturated carbocycles. The van der Waals surface area contributed by atoms with Crippen molar-refractivity contribution in [3.63, 3.8) is 0 Å². The quantitative estimate of drug-likeness (QED) is 0.0705. The molecule has 0 spiro atoms. The van der Waals surface area contributed by atoms with E-state index in [-0.39, 0.29) is 40.9 Å². The molecule has 2 aliphatic rings. The molecule has 78 heavy (non-hydrogen) atoms. The summed E-state index contributed by atoms with van der Waals surface area (Å²) in [6, 6.07) is 25.4. The SMILES string of the molecule is CCn1nc(CC(CC(=O)O)c2cc(C(C)(C)C)cc(C(C)(C)C)c2)cc1OCCc1ccc2c(n1)CCCC2.CCn1nc(CC(CC(=O)O)c2cc(C(C)(C)C)ccc2OC)cc1OCCc1ccc2c(n1)CCCC2. The van der Waals surface area contributed by atoms with Crippen molar-refractivity contribution in [1.29, 1.82) is 0 Å². The molecule has 0 amide bonds. The third kappa shape index (κ3) is 16.1. The average Bonchev–Trinajstić information content (AvgIpc) is 4.01.